The summed E-state index contributed by atoms with van der Waals surface area (Å²) < 4.78 is 0. The number of allylic oxidation sites excluding steroid dienone is 2. The molecule has 0 aliphatic carbocycles. The first-order valence-corrected chi connectivity index (χ1v) is 6.89. The summed E-state index contributed by atoms with van der Waals surface area (Å²) in [6, 6.07) is 0. The van der Waals surface area contributed by atoms with Gasteiger partial charge in [-0.2, -0.15) is 0 Å². The Balaban J connectivity index is 3.54. The van der Waals surface area contributed by atoms with E-state index in [0.29, 0.717) is 0 Å². The van der Waals surface area contributed by atoms with Gasteiger partial charge in [0.25, 0.3) is 0 Å². The first-order valence-electron chi connectivity index (χ1n) is 6.89. The molecule has 90 valence electrons. The quantitative estimate of drug-likeness (QED) is 0.344. The van der Waals surface area contributed by atoms with Crippen molar-refractivity contribution < 1.29 is 0 Å². The molecule has 0 aromatic heterocycles. The van der Waals surface area contributed by atoms with Gasteiger partial charge in [-0.3, -0.25) is 0 Å². The van der Waals surface area contributed by atoms with Crippen molar-refractivity contribution in [3.05, 3.63) is 12.2 Å². The molecule has 0 radical (unpaired) electrons. The normalized spacial score (nSPS) is 15.7. The van der Waals surface area contributed by atoms with Crippen molar-refractivity contribution in [1.82, 2.24) is 0 Å². The molecule has 0 aromatic carbocycles. The van der Waals surface area contributed by atoms with Gasteiger partial charge in [0.15, 0.2) is 0 Å². The fourth-order valence-electron chi connectivity index (χ4n) is 1.82. The van der Waals surface area contributed by atoms with Crippen molar-refractivity contribution >= 4 is 0 Å². The van der Waals surface area contributed by atoms with Crippen LogP contribution in [0.4, 0.5) is 0 Å². The van der Waals surface area contributed by atoms with Crippen molar-refractivity contribution in [2.24, 2.45) is 11.8 Å². The minimum absolute atomic E-state index is 0.762. The van der Waals surface area contributed by atoms with E-state index >= 15 is 0 Å². The zero-order chi connectivity index (χ0) is 11.5. The van der Waals surface area contributed by atoms with Crippen molar-refractivity contribution in [1.29, 1.82) is 0 Å². The van der Waals surface area contributed by atoms with E-state index in [-0.39, 0.29) is 0 Å². The molecular weight excluding hydrogens is 180 g/mol. The highest BCUT2D eigenvalue weighted by atomic mass is 14.1. The molecule has 0 fully saturated rings. The van der Waals surface area contributed by atoms with Gasteiger partial charge in [-0.15, -0.1) is 0 Å². The minimum Gasteiger partial charge on any atom is -0.0883 e. The van der Waals surface area contributed by atoms with Crippen LogP contribution in [0.5, 0.6) is 0 Å². The van der Waals surface area contributed by atoms with Gasteiger partial charge in [0, 0.05) is 0 Å². The highest BCUT2D eigenvalue weighted by Gasteiger charge is 2.07. The Morgan fingerprint density at radius 1 is 0.933 bits per heavy atom. The molecule has 0 aliphatic rings. The first-order chi connectivity index (χ1) is 7.22. The summed E-state index contributed by atoms with van der Waals surface area (Å²) in [4.78, 5) is 0. The SMILES string of the molecule is CCCC=CC(C)C(C)CCCCCC. The Hall–Kier alpha value is -0.260. The second kappa shape index (κ2) is 10.3. The fraction of sp³-hybridized carbons (Fsp3) is 0.867. The molecule has 0 saturated heterocycles. The molecule has 0 N–H and O–H groups in total. The molecule has 0 bridgehead atoms. The molecule has 0 amide bonds. The maximum atomic E-state index is 2.41. The van der Waals surface area contributed by atoms with Crippen LogP contribution in [0.2, 0.25) is 0 Å². The van der Waals surface area contributed by atoms with Crippen molar-refractivity contribution in [2.75, 3.05) is 0 Å². The smallest absolute Gasteiger partial charge is 0.0236 e. The average molecular weight is 210 g/mol. The molecule has 0 nitrogen and oxygen atoms in total. The Bertz CT molecular complexity index is 146. The third-order valence-electron chi connectivity index (χ3n) is 3.31. The summed E-state index contributed by atoms with van der Waals surface area (Å²) in [5.74, 6) is 1.62. The van der Waals surface area contributed by atoms with Crippen LogP contribution in [0.1, 0.15) is 72.6 Å². The number of unbranched alkanes of at least 4 members (excludes halogenated alkanes) is 4. The van der Waals surface area contributed by atoms with E-state index in [9.17, 15) is 0 Å². The van der Waals surface area contributed by atoms with Crippen LogP contribution in [0, 0.1) is 11.8 Å². The molecule has 0 heteroatoms. The minimum atomic E-state index is 0.762. The zero-order valence-electron chi connectivity index (χ0n) is 11.3. The second-order valence-electron chi connectivity index (χ2n) is 4.90. The van der Waals surface area contributed by atoms with Crippen molar-refractivity contribution in [3.8, 4) is 0 Å². The Kier molecular flexibility index (Phi) is 10.1. The summed E-state index contributed by atoms with van der Waals surface area (Å²) in [5, 5.41) is 0. The van der Waals surface area contributed by atoms with E-state index in [0.717, 1.165) is 11.8 Å². The van der Waals surface area contributed by atoms with Crippen LogP contribution in [-0.4, -0.2) is 0 Å². The van der Waals surface area contributed by atoms with Crippen molar-refractivity contribution in [3.63, 3.8) is 0 Å². The molecule has 2 unspecified atom stereocenters. The lowest BCUT2D eigenvalue weighted by Crippen LogP contribution is -2.05. The van der Waals surface area contributed by atoms with Gasteiger partial charge in [0.05, 0.1) is 0 Å². The van der Waals surface area contributed by atoms with E-state index < -0.39 is 0 Å². The maximum Gasteiger partial charge on any atom is -0.0236 e. The first kappa shape index (κ1) is 14.7. The van der Waals surface area contributed by atoms with E-state index in [1.54, 1.807) is 0 Å². The number of hydrogen-bond donors (Lipinski definition) is 0. The lowest BCUT2D eigenvalue weighted by molar-refractivity contribution is 0.406. The van der Waals surface area contributed by atoms with Crippen LogP contribution < -0.4 is 0 Å². The summed E-state index contributed by atoms with van der Waals surface area (Å²) in [5.41, 5.74) is 0. The van der Waals surface area contributed by atoms with Gasteiger partial charge in [0.2, 0.25) is 0 Å². The fourth-order valence-corrected chi connectivity index (χ4v) is 1.82. The van der Waals surface area contributed by atoms with Gasteiger partial charge in [-0.1, -0.05) is 78.4 Å². The highest BCUT2D eigenvalue weighted by Crippen LogP contribution is 2.20. The second-order valence-corrected chi connectivity index (χ2v) is 4.90. The lowest BCUT2D eigenvalue weighted by atomic mass is 9.90. The zero-order valence-corrected chi connectivity index (χ0v) is 11.3. The summed E-state index contributed by atoms with van der Waals surface area (Å²) in [6.45, 7) is 9.27. The molecule has 0 heterocycles. The van der Waals surface area contributed by atoms with Crippen LogP contribution in [0.25, 0.3) is 0 Å². The van der Waals surface area contributed by atoms with Crippen LogP contribution in [-0.2, 0) is 0 Å². The summed E-state index contributed by atoms with van der Waals surface area (Å²) in [7, 11) is 0. The third-order valence-corrected chi connectivity index (χ3v) is 3.31. The molecule has 0 aliphatic heterocycles. The lowest BCUT2D eigenvalue weighted by Gasteiger charge is -2.16. The van der Waals surface area contributed by atoms with E-state index in [1.165, 1.54) is 44.9 Å². The van der Waals surface area contributed by atoms with E-state index in [2.05, 4.69) is 39.8 Å². The van der Waals surface area contributed by atoms with E-state index in [4.69, 9.17) is 0 Å². The molecule has 0 rings (SSSR count). The average Bonchev–Trinajstić information content (AvgIpc) is 2.24. The maximum absolute atomic E-state index is 2.41. The Morgan fingerprint density at radius 2 is 1.67 bits per heavy atom. The van der Waals surface area contributed by atoms with Crippen LogP contribution in [0.15, 0.2) is 12.2 Å². The summed E-state index contributed by atoms with van der Waals surface area (Å²) in [6.07, 6.45) is 14.3. The molecular formula is C15H30. The van der Waals surface area contributed by atoms with Crippen LogP contribution in [0.3, 0.4) is 0 Å². The monoisotopic (exact) mass is 210 g/mol. The molecule has 15 heavy (non-hydrogen) atoms. The van der Waals surface area contributed by atoms with Gasteiger partial charge in [-0.05, 0) is 18.3 Å². The largest absolute Gasteiger partial charge is 0.0883 e. The predicted molar refractivity (Wildman–Crippen MR) is 71.1 cm³/mol. The van der Waals surface area contributed by atoms with Gasteiger partial charge >= 0.3 is 0 Å². The molecule has 0 saturated carbocycles. The number of hydrogen-bond acceptors (Lipinski definition) is 0. The Morgan fingerprint density at radius 3 is 2.27 bits per heavy atom. The van der Waals surface area contributed by atoms with Gasteiger partial charge < -0.3 is 0 Å². The van der Waals surface area contributed by atoms with Crippen LogP contribution >= 0.6 is 0 Å². The molecule has 2 atom stereocenters. The Labute approximate surface area is 97.2 Å². The van der Waals surface area contributed by atoms with Crippen molar-refractivity contribution in [2.45, 2.75) is 72.6 Å². The highest BCUT2D eigenvalue weighted by molar-refractivity contribution is 4.88. The standard InChI is InChI=1S/C15H30/c1-5-7-9-11-13-15(4)14(3)12-10-8-6-2/h10,12,14-15H,5-9,11,13H2,1-4H3. The van der Waals surface area contributed by atoms with E-state index in [1.807, 2.05) is 0 Å². The predicted octanol–water partition coefficient (Wildman–Crippen LogP) is 5.59. The molecule has 0 spiro atoms. The van der Waals surface area contributed by atoms with Gasteiger partial charge in [-0.25, -0.2) is 0 Å². The number of rotatable bonds is 9. The van der Waals surface area contributed by atoms with Gasteiger partial charge in [0.1, 0.15) is 0 Å². The third kappa shape index (κ3) is 8.72. The molecule has 0 aromatic rings. The summed E-state index contributed by atoms with van der Waals surface area (Å²) >= 11 is 0. The topological polar surface area (TPSA) is 0 Å².